The van der Waals surface area contributed by atoms with Crippen molar-refractivity contribution in [2.45, 2.75) is 38.6 Å². The van der Waals surface area contributed by atoms with Crippen LogP contribution in [0.3, 0.4) is 0 Å². The Bertz CT molecular complexity index is 384. The molecule has 1 aromatic rings. The van der Waals surface area contributed by atoms with Crippen LogP contribution in [0.2, 0.25) is 0 Å². The molecule has 1 saturated heterocycles. The highest BCUT2D eigenvalue weighted by molar-refractivity contribution is 5.48. The molecule has 2 nitrogen and oxygen atoms in total. The molecule has 1 aliphatic carbocycles. The summed E-state index contributed by atoms with van der Waals surface area (Å²) in [7, 11) is 0. The van der Waals surface area contributed by atoms with Crippen molar-refractivity contribution in [3.8, 4) is 0 Å². The minimum Gasteiger partial charge on any atom is -0.369 e. The molecule has 3 rings (SSSR count). The number of hydrogen-bond acceptors (Lipinski definition) is 2. The highest BCUT2D eigenvalue weighted by Crippen LogP contribution is 2.28. The van der Waals surface area contributed by atoms with Crippen molar-refractivity contribution in [2.75, 3.05) is 31.1 Å². The van der Waals surface area contributed by atoms with Crippen molar-refractivity contribution in [1.29, 1.82) is 0 Å². The molecule has 1 saturated carbocycles. The molecule has 0 spiro atoms. The summed E-state index contributed by atoms with van der Waals surface area (Å²) in [5, 5.41) is 0. The first-order chi connectivity index (χ1) is 8.74. The number of benzene rings is 1. The van der Waals surface area contributed by atoms with Crippen LogP contribution >= 0.6 is 0 Å². The molecule has 0 unspecified atom stereocenters. The Morgan fingerprint density at radius 1 is 0.944 bits per heavy atom. The van der Waals surface area contributed by atoms with Crippen LogP contribution in [0.5, 0.6) is 0 Å². The molecule has 0 radical (unpaired) electrons. The van der Waals surface area contributed by atoms with Gasteiger partial charge in [-0.25, -0.2) is 0 Å². The van der Waals surface area contributed by atoms with Gasteiger partial charge in [-0.05, 0) is 36.5 Å². The third-order valence-electron chi connectivity index (χ3n) is 4.30. The highest BCUT2D eigenvalue weighted by atomic mass is 15.3. The predicted octanol–water partition coefficient (Wildman–Crippen LogP) is 3.09. The molecule has 2 aliphatic rings. The van der Waals surface area contributed by atoms with Crippen molar-refractivity contribution >= 4 is 5.69 Å². The largest absolute Gasteiger partial charge is 0.369 e. The normalized spacial score (nSPS) is 21.6. The first-order valence-electron chi connectivity index (χ1n) is 7.33. The number of nitrogens with zero attached hydrogens (tertiary/aromatic N) is 2. The molecule has 0 aromatic heterocycles. The minimum absolute atomic E-state index is 0.630. The van der Waals surface area contributed by atoms with Gasteiger partial charge in [-0.3, -0.25) is 4.90 Å². The minimum atomic E-state index is 0.630. The Morgan fingerprint density at radius 3 is 2.06 bits per heavy atom. The fraction of sp³-hybridized carbons (Fsp3) is 0.625. The number of hydrogen-bond donors (Lipinski definition) is 0. The zero-order valence-corrected chi connectivity index (χ0v) is 11.6. The number of piperazine rings is 1. The number of rotatable bonds is 3. The molecule has 0 atom stereocenters. The van der Waals surface area contributed by atoms with E-state index in [4.69, 9.17) is 0 Å². The van der Waals surface area contributed by atoms with Gasteiger partial charge in [-0.2, -0.15) is 0 Å². The van der Waals surface area contributed by atoms with Crippen LogP contribution in [-0.2, 0) is 0 Å². The van der Waals surface area contributed by atoms with E-state index in [0.717, 1.165) is 6.04 Å². The van der Waals surface area contributed by atoms with Crippen LogP contribution in [0, 0.1) is 0 Å². The van der Waals surface area contributed by atoms with Crippen LogP contribution in [0.25, 0.3) is 0 Å². The van der Waals surface area contributed by atoms with Crippen molar-refractivity contribution in [1.82, 2.24) is 4.90 Å². The van der Waals surface area contributed by atoms with Crippen LogP contribution < -0.4 is 4.90 Å². The zero-order chi connectivity index (χ0) is 12.5. The topological polar surface area (TPSA) is 6.48 Å². The standard InChI is InChI=1S/C16H24N2/c1-13(2)14-3-5-15(6-4-14)17-9-11-18(12-10-17)16-7-8-16/h3-6,13,16H,7-12H2,1-2H3. The van der Waals surface area contributed by atoms with E-state index in [1.54, 1.807) is 0 Å². The third kappa shape index (κ3) is 2.54. The summed E-state index contributed by atoms with van der Waals surface area (Å²) in [5.74, 6) is 0.630. The lowest BCUT2D eigenvalue weighted by Gasteiger charge is -2.36. The van der Waals surface area contributed by atoms with Gasteiger partial charge in [0.15, 0.2) is 0 Å². The molecule has 1 heterocycles. The molecule has 0 bridgehead atoms. The van der Waals surface area contributed by atoms with Crippen LogP contribution in [-0.4, -0.2) is 37.1 Å². The summed E-state index contributed by atoms with van der Waals surface area (Å²) >= 11 is 0. The molecule has 2 fully saturated rings. The molecule has 1 aliphatic heterocycles. The van der Waals surface area contributed by atoms with Gasteiger partial charge in [-0.15, -0.1) is 0 Å². The van der Waals surface area contributed by atoms with Gasteiger partial charge < -0.3 is 4.90 Å². The van der Waals surface area contributed by atoms with Gasteiger partial charge in [0.2, 0.25) is 0 Å². The van der Waals surface area contributed by atoms with Crippen LogP contribution in [0.1, 0.15) is 38.2 Å². The molecule has 18 heavy (non-hydrogen) atoms. The van der Waals surface area contributed by atoms with E-state index in [0.29, 0.717) is 5.92 Å². The molecule has 0 N–H and O–H groups in total. The van der Waals surface area contributed by atoms with Crippen molar-refractivity contribution < 1.29 is 0 Å². The van der Waals surface area contributed by atoms with E-state index < -0.39 is 0 Å². The highest BCUT2D eigenvalue weighted by Gasteiger charge is 2.31. The SMILES string of the molecule is CC(C)c1ccc(N2CCN(C3CC3)CC2)cc1. The van der Waals surface area contributed by atoms with Gasteiger partial charge in [0.1, 0.15) is 0 Å². The maximum Gasteiger partial charge on any atom is 0.0367 e. The van der Waals surface area contributed by atoms with Crippen molar-refractivity contribution in [2.24, 2.45) is 0 Å². The molecular weight excluding hydrogens is 220 g/mol. The molecule has 2 heteroatoms. The summed E-state index contributed by atoms with van der Waals surface area (Å²) in [6.07, 6.45) is 2.87. The summed E-state index contributed by atoms with van der Waals surface area (Å²) in [6.45, 7) is 9.38. The summed E-state index contributed by atoms with van der Waals surface area (Å²) in [5.41, 5.74) is 2.84. The maximum atomic E-state index is 2.67. The van der Waals surface area contributed by atoms with E-state index in [9.17, 15) is 0 Å². The van der Waals surface area contributed by atoms with Gasteiger partial charge in [-0.1, -0.05) is 26.0 Å². The monoisotopic (exact) mass is 244 g/mol. The second kappa shape index (κ2) is 4.93. The molecule has 0 amide bonds. The number of anilines is 1. The van der Waals surface area contributed by atoms with Gasteiger partial charge in [0.05, 0.1) is 0 Å². The van der Waals surface area contributed by atoms with Crippen molar-refractivity contribution in [3.05, 3.63) is 29.8 Å². The average Bonchev–Trinajstić information content (AvgIpc) is 3.23. The third-order valence-corrected chi connectivity index (χ3v) is 4.30. The molecule has 1 aromatic carbocycles. The average molecular weight is 244 g/mol. The van der Waals surface area contributed by atoms with E-state index in [1.807, 2.05) is 0 Å². The second-order valence-corrected chi connectivity index (χ2v) is 6.00. The Labute approximate surface area is 111 Å². The first-order valence-corrected chi connectivity index (χ1v) is 7.33. The Balaban J connectivity index is 1.61. The molecular formula is C16H24N2. The Morgan fingerprint density at radius 2 is 1.56 bits per heavy atom. The van der Waals surface area contributed by atoms with Crippen LogP contribution in [0.15, 0.2) is 24.3 Å². The summed E-state index contributed by atoms with van der Waals surface area (Å²) < 4.78 is 0. The molecule has 98 valence electrons. The van der Waals surface area contributed by atoms with E-state index in [2.05, 4.69) is 47.9 Å². The Hall–Kier alpha value is -1.02. The summed E-state index contributed by atoms with van der Waals surface area (Å²) in [6, 6.07) is 10.1. The lowest BCUT2D eigenvalue weighted by atomic mass is 10.0. The van der Waals surface area contributed by atoms with E-state index >= 15 is 0 Å². The summed E-state index contributed by atoms with van der Waals surface area (Å²) in [4.78, 5) is 5.20. The fourth-order valence-corrected chi connectivity index (χ4v) is 2.85. The van der Waals surface area contributed by atoms with E-state index in [1.165, 1.54) is 50.3 Å². The first kappa shape index (κ1) is 12.0. The predicted molar refractivity (Wildman–Crippen MR) is 77.3 cm³/mol. The maximum absolute atomic E-state index is 2.67. The van der Waals surface area contributed by atoms with Gasteiger partial charge in [0, 0.05) is 37.9 Å². The second-order valence-electron chi connectivity index (χ2n) is 6.00. The lowest BCUT2D eigenvalue weighted by molar-refractivity contribution is 0.248. The fourth-order valence-electron chi connectivity index (χ4n) is 2.85. The van der Waals surface area contributed by atoms with Crippen LogP contribution in [0.4, 0.5) is 5.69 Å². The lowest BCUT2D eigenvalue weighted by Crippen LogP contribution is -2.47. The smallest absolute Gasteiger partial charge is 0.0367 e. The Kier molecular flexibility index (Phi) is 3.29. The van der Waals surface area contributed by atoms with Crippen molar-refractivity contribution in [3.63, 3.8) is 0 Å². The van der Waals surface area contributed by atoms with E-state index in [-0.39, 0.29) is 0 Å². The quantitative estimate of drug-likeness (QED) is 0.806. The van der Waals surface area contributed by atoms with Gasteiger partial charge >= 0.3 is 0 Å². The zero-order valence-electron chi connectivity index (χ0n) is 11.6. The van der Waals surface area contributed by atoms with Gasteiger partial charge in [0.25, 0.3) is 0 Å².